The third-order valence-corrected chi connectivity index (χ3v) is 2.62. The second kappa shape index (κ2) is 1.79. The highest BCUT2D eigenvalue weighted by Gasteiger charge is 2.09. The average molecular weight is 134 g/mol. The molecule has 1 atom stereocenters. The largest absolute Gasteiger partial charge is 0.281 e. The molecule has 0 spiro atoms. The zero-order chi connectivity index (χ0) is 5.28. The van der Waals surface area contributed by atoms with E-state index < -0.39 is 9.83 Å². The minimum absolute atomic E-state index is 0.113. The summed E-state index contributed by atoms with van der Waals surface area (Å²) in [4.78, 5) is 10.1. The van der Waals surface area contributed by atoms with Crippen molar-refractivity contribution in [2.24, 2.45) is 0 Å². The van der Waals surface area contributed by atoms with Crippen molar-refractivity contribution >= 4 is 25.7 Å². The SMILES string of the molecule is O=C1C=CS(=O)S1. The van der Waals surface area contributed by atoms with E-state index in [1.165, 1.54) is 11.5 Å². The predicted molar refractivity (Wildman–Crippen MR) is 29.9 cm³/mol. The topological polar surface area (TPSA) is 34.1 Å². The molecule has 38 valence electrons. The van der Waals surface area contributed by atoms with E-state index in [9.17, 15) is 9.00 Å². The molecule has 7 heavy (non-hydrogen) atoms. The number of rotatable bonds is 0. The Morgan fingerprint density at radius 2 is 2.43 bits per heavy atom. The van der Waals surface area contributed by atoms with Crippen LogP contribution in [0.1, 0.15) is 0 Å². The maximum atomic E-state index is 10.2. The van der Waals surface area contributed by atoms with Crippen LogP contribution in [0, 0.1) is 0 Å². The quantitative estimate of drug-likeness (QED) is 0.451. The summed E-state index contributed by atoms with van der Waals surface area (Å²) in [6.45, 7) is 0. The van der Waals surface area contributed by atoms with Crippen LogP contribution in [-0.2, 0) is 14.6 Å². The van der Waals surface area contributed by atoms with Crippen molar-refractivity contribution in [2.75, 3.05) is 0 Å². The van der Waals surface area contributed by atoms with Gasteiger partial charge in [0.2, 0.25) is 5.12 Å². The normalized spacial score (nSPS) is 29.1. The van der Waals surface area contributed by atoms with Crippen LogP contribution in [0.25, 0.3) is 0 Å². The maximum absolute atomic E-state index is 10.2. The Kier molecular flexibility index (Phi) is 1.30. The van der Waals surface area contributed by atoms with Crippen LogP contribution in [0.5, 0.6) is 0 Å². The summed E-state index contributed by atoms with van der Waals surface area (Å²) in [7, 11) is -0.224. The molecule has 0 bridgehead atoms. The van der Waals surface area contributed by atoms with Gasteiger partial charge in [0.25, 0.3) is 0 Å². The Bertz CT molecular complexity index is 133. The Balaban J connectivity index is 2.76. The first-order chi connectivity index (χ1) is 3.29. The minimum atomic E-state index is -1.07. The van der Waals surface area contributed by atoms with Gasteiger partial charge in [0.05, 0.1) is 0 Å². The van der Waals surface area contributed by atoms with Crippen LogP contribution < -0.4 is 0 Å². The lowest BCUT2D eigenvalue weighted by Gasteiger charge is -1.73. The molecule has 0 radical (unpaired) electrons. The number of carbonyl (C=O) groups is 1. The first-order valence-electron chi connectivity index (χ1n) is 1.60. The highest BCUT2D eigenvalue weighted by Crippen LogP contribution is 2.17. The standard InChI is InChI=1S/C3H2O2S2/c4-3-1-2-7(5)6-3/h1-2H. The minimum Gasteiger partial charge on any atom is -0.281 e. The van der Waals surface area contributed by atoms with Crippen molar-refractivity contribution in [2.45, 2.75) is 0 Å². The van der Waals surface area contributed by atoms with Crippen LogP contribution in [0.2, 0.25) is 0 Å². The molecule has 1 aliphatic heterocycles. The molecule has 1 aliphatic rings. The summed E-state index contributed by atoms with van der Waals surface area (Å²) in [5.74, 6) is 0. The van der Waals surface area contributed by atoms with Gasteiger partial charge in [0.1, 0.15) is 9.83 Å². The fraction of sp³-hybridized carbons (Fsp3) is 0. The molecule has 1 unspecified atom stereocenters. The Morgan fingerprint density at radius 3 is 2.57 bits per heavy atom. The zero-order valence-corrected chi connectivity index (χ0v) is 4.92. The first kappa shape index (κ1) is 5.05. The van der Waals surface area contributed by atoms with E-state index in [0.29, 0.717) is 0 Å². The summed E-state index contributed by atoms with van der Waals surface area (Å²) in [6, 6.07) is 0. The molecule has 0 N–H and O–H groups in total. The highest BCUT2D eigenvalue weighted by molar-refractivity contribution is 8.77. The maximum Gasteiger partial charge on any atom is 0.225 e. The van der Waals surface area contributed by atoms with Gasteiger partial charge in [-0.15, -0.1) is 0 Å². The molecule has 0 fully saturated rings. The molecule has 0 saturated heterocycles. The van der Waals surface area contributed by atoms with Gasteiger partial charge in [0.15, 0.2) is 0 Å². The lowest BCUT2D eigenvalue weighted by molar-refractivity contribution is -0.106. The van der Waals surface area contributed by atoms with Gasteiger partial charge in [-0.25, -0.2) is 4.21 Å². The van der Waals surface area contributed by atoms with Gasteiger partial charge >= 0.3 is 0 Å². The van der Waals surface area contributed by atoms with Crippen LogP contribution in [0.4, 0.5) is 0 Å². The Labute approximate surface area is 46.8 Å². The zero-order valence-electron chi connectivity index (χ0n) is 3.29. The van der Waals surface area contributed by atoms with Crippen molar-refractivity contribution in [1.82, 2.24) is 0 Å². The molecule has 2 nitrogen and oxygen atoms in total. The highest BCUT2D eigenvalue weighted by atomic mass is 33.1. The second-order valence-corrected chi connectivity index (χ2v) is 3.81. The third kappa shape index (κ3) is 1.14. The van der Waals surface area contributed by atoms with Crippen LogP contribution >= 0.6 is 10.8 Å². The molecule has 0 saturated carbocycles. The molecule has 1 rings (SSSR count). The lowest BCUT2D eigenvalue weighted by atomic mass is 10.7. The van der Waals surface area contributed by atoms with E-state index in [1.54, 1.807) is 0 Å². The van der Waals surface area contributed by atoms with Crippen molar-refractivity contribution < 1.29 is 9.00 Å². The summed E-state index contributed by atoms with van der Waals surface area (Å²) in [6.07, 6.45) is 1.32. The summed E-state index contributed by atoms with van der Waals surface area (Å²) < 4.78 is 10.2. The third-order valence-electron chi connectivity index (χ3n) is 0.480. The van der Waals surface area contributed by atoms with E-state index in [0.717, 1.165) is 10.8 Å². The second-order valence-electron chi connectivity index (χ2n) is 0.966. The summed E-state index contributed by atoms with van der Waals surface area (Å²) in [5.41, 5.74) is 0. The number of hydrogen-bond acceptors (Lipinski definition) is 3. The van der Waals surface area contributed by atoms with Gasteiger partial charge in [0, 0.05) is 22.3 Å². The number of carbonyl (C=O) groups excluding carboxylic acids is 1. The molecule has 0 aromatic heterocycles. The molecule has 1 heterocycles. The van der Waals surface area contributed by atoms with Crippen LogP contribution in [0.15, 0.2) is 11.5 Å². The van der Waals surface area contributed by atoms with Crippen molar-refractivity contribution in [3.63, 3.8) is 0 Å². The van der Waals surface area contributed by atoms with Gasteiger partial charge in [-0.05, 0) is 0 Å². The van der Waals surface area contributed by atoms with Crippen molar-refractivity contribution in [3.05, 3.63) is 11.5 Å². The van der Waals surface area contributed by atoms with Gasteiger partial charge in [-0.2, -0.15) is 0 Å². The van der Waals surface area contributed by atoms with Gasteiger partial charge in [-0.1, -0.05) is 0 Å². The monoisotopic (exact) mass is 134 g/mol. The number of hydrogen-bond donors (Lipinski definition) is 0. The molecule has 0 aromatic rings. The lowest BCUT2D eigenvalue weighted by Crippen LogP contribution is -1.73. The average Bonchev–Trinajstić information content (AvgIpc) is 1.87. The van der Waals surface area contributed by atoms with E-state index >= 15 is 0 Å². The van der Waals surface area contributed by atoms with Crippen molar-refractivity contribution in [3.8, 4) is 0 Å². The van der Waals surface area contributed by atoms with Crippen LogP contribution in [0.3, 0.4) is 0 Å². The van der Waals surface area contributed by atoms with E-state index in [1.807, 2.05) is 0 Å². The van der Waals surface area contributed by atoms with Gasteiger partial charge in [-0.3, -0.25) is 4.79 Å². The fourth-order valence-corrected chi connectivity index (χ4v) is 1.90. The first-order valence-corrected chi connectivity index (χ1v) is 4.15. The smallest absolute Gasteiger partial charge is 0.225 e. The molecule has 4 heteroatoms. The van der Waals surface area contributed by atoms with E-state index in [-0.39, 0.29) is 5.12 Å². The van der Waals surface area contributed by atoms with E-state index in [4.69, 9.17) is 0 Å². The van der Waals surface area contributed by atoms with Crippen LogP contribution in [-0.4, -0.2) is 9.32 Å². The van der Waals surface area contributed by atoms with E-state index in [2.05, 4.69) is 0 Å². The molecular formula is C3H2O2S2. The molecule has 0 aromatic carbocycles. The summed E-state index contributed by atoms with van der Waals surface area (Å²) in [5, 5.41) is 1.27. The molecule has 0 amide bonds. The van der Waals surface area contributed by atoms with Crippen molar-refractivity contribution in [1.29, 1.82) is 0 Å². The fourth-order valence-electron chi connectivity index (χ4n) is 0.248. The van der Waals surface area contributed by atoms with Gasteiger partial charge < -0.3 is 0 Å². The molecular weight excluding hydrogens is 132 g/mol. The predicted octanol–water partition coefficient (Wildman–Crippen LogP) is 0.437. The Hall–Kier alpha value is -0.0900. The summed E-state index contributed by atoms with van der Waals surface area (Å²) >= 11 is 0. The molecule has 0 aliphatic carbocycles. The Morgan fingerprint density at radius 1 is 1.71 bits per heavy atom.